The number of aromatic nitrogens is 1. The highest BCUT2D eigenvalue weighted by Gasteiger charge is 2.31. The van der Waals surface area contributed by atoms with Crippen LogP contribution in [0.3, 0.4) is 0 Å². The number of aliphatic hydroxyl groups is 1. The van der Waals surface area contributed by atoms with Gasteiger partial charge in [-0.15, -0.1) is 0 Å². The number of nitrogens with zero attached hydrogens (tertiary/aromatic N) is 2. The zero-order chi connectivity index (χ0) is 15.2. The molecule has 4 N–H and O–H groups in total. The van der Waals surface area contributed by atoms with Gasteiger partial charge in [0.25, 0.3) is 5.91 Å². The third-order valence-corrected chi connectivity index (χ3v) is 4.72. The van der Waals surface area contributed by atoms with E-state index >= 15 is 0 Å². The second-order valence-corrected chi connectivity index (χ2v) is 6.32. The molecule has 0 bridgehead atoms. The van der Waals surface area contributed by atoms with E-state index in [1.807, 2.05) is 4.90 Å². The Morgan fingerprint density at radius 2 is 2.33 bits per heavy atom. The highest BCUT2D eigenvalue weighted by Crippen LogP contribution is 2.31. The fraction of sp³-hybridized carbons (Fsp3) is 0.714. The van der Waals surface area contributed by atoms with E-state index in [9.17, 15) is 4.79 Å². The molecule has 1 saturated carbocycles. The molecule has 1 fully saturated rings. The van der Waals surface area contributed by atoms with Crippen molar-refractivity contribution in [2.75, 3.05) is 30.7 Å². The Hall–Kier alpha value is -1.34. The maximum Gasteiger partial charge on any atom is 0.268 e. The van der Waals surface area contributed by atoms with Gasteiger partial charge in [-0.2, -0.15) is 0 Å². The fourth-order valence-corrected chi connectivity index (χ4v) is 3.18. The van der Waals surface area contributed by atoms with Crippen molar-refractivity contribution in [2.45, 2.75) is 45.1 Å². The van der Waals surface area contributed by atoms with Gasteiger partial charge in [0.05, 0.1) is 0 Å². The van der Waals surface area contributed by atoms with E-state index < -0.39 is 0 Å². The van der Waals surface area contributed by atoms with Crippen molar-refractivity contribution in [3.8, 4) is 0 Å². The second kappa shape index (κ2) is 7.61. The van der Waals surface area contributed by atoms with Crippen molar-refractivity contribution in [2.24, 2.45) is 0 Å². The van der Waals surface area contributed by atoms with Gasteiger partial charge < -0.3 is 21.1 Å². The third kappa shape index (κ3) is 3.85. The zero-order valence-electron chi connectivity index (χ0n) is 12.5. The number of nitrogens with one attached hydrogen (secondary N) is 1. The molecule has 0 atom stereocenters. The summed E-state index contributed by atoms with van der Waals surface area (Å²) in [5.74, 6) is 0.254. The minimum absolute atomic E-state index is 0.0484. The molecule has 118 valence electrons. The predicted octanol–water partition coefficient (Wildman–Crippen LogP) is 1.92. The number of amides is 1. The normalized spacial score (nSPS) is 14.8. The van der Waals surface area contributed by atoms with Crippen molar-refractivity contribution < 1.29 is 9.90 Å². The fourth-order valence-electron chi connectivity index (χ4n) is 2.31. The molecule has 1 aromatic rings. The molecule has 0 radical (unpaired) electrons. The van der Waals surface area contributed by atoms with Gasteiger partial charge in [-0.1, -0.05) is 18.3 Å². The lowest BCUT2D eigenvalue weighted by Crippen LogP contribution is -2.44. The average Bonchev–Trinajstić information content (AvgIpc) is 2.79. The Morgan fingerprint density at radius 3 is 2.90 bits per heavy atom. The first kappa shape index (κ1) is 16.0. The van der Waals surface area contributed by atoms with Crippen LogP contribution in [-0.2, 0) is 0 Å². The second-order valence-electron chi connectivity index (χ2n) is 5.32. The van der Waals surface area contributed by atoms with E-state index in [-0.39, 0.29) is 18.6 Å². The summed E-state index contributed by atoms with van der Waals surface area (Å²) in [6, 6.07) is 0.289. The van der Waals surface area contributed by atoms with E-state index in [1.165, 1.54) is 11.3 Å². The molecule has 21 heavy (non-hydrogen) atoms. The molecule has 1 aromatic heterocycles. The summed E-state index contributed by atoms with van der Waals surface area (Å²) in [4.78, 5) is 19.3. The number of hydrogen-bond acceptors (Lipinski definition) is 6. The van der Waals surface area contributed by atoms with E-state index in [4.69, 9.17) is 10.8 Å². The predicted molar refractivity (Wildman–Crippen MR) is 85.7 cm³/mol. The van der Waals surface area contributed by atoms with Crippen molar-refractivity contribution >= 4 is 28.2 Å². The van der Waals surface area contributed by atoms with Gasteiger partial charge >= 0.3 is 0 Å². The van der Waals surface area contributed by atoms with E-state index in [0.29, 0.717) is 28.8 Å². The lowest BCUT2D eigenvalue weighted by Gasteiger charge is -2.37. The largest absolute Gasteiger partial charge is 0.396 e. The number of hydrogen-bond donors (Lipinski definition) is 3. The van der Waals surface area contributed by atoms with Gasteiger partial charge in [-0.25, -0.2) is 4.98 Å². The maximum absolute atomic E-state index is 12.7. The van der Waals surface area contributed by atoms with Crippen molar-refractivity contribution in [3.05, 3.63) is 4.88 Å². The molecule has 0 aromatic carbocycles. The molecule has 0 saturated heterocycles. The van der Waals surface area contributed by atoms with Gasteiger partial charge in [0, 0.05) is 25.7 Å². The Labute approximate surface area is 129 Å². The summed E-state index contributed by atoms with van der Waals surface area (Å²) in [6.45, 7) is 3.56. The van der Waals surface area contributed by atoms with E-state index in [1.54, 1.807) is 0 Å². The van der Waals surface area contributed by atoms with E-state index in [2.05, 4.69) is 17.2 Å². The summed E-state index contributed by atoms with van der Waals surface area (Å²) < 4.78 is 0. The monoisotopic (exact) mass is 312 g/mol. The van der Waals surface area contributed by atoms with Crippen molar-refractivity contribution in [3.63, 3.8) is 0 Å². The van der Waals surface area contributed by atoms with Crippen LogP contribution in [0.4, 0.5) is 10.9 Å². The van der Waals surface area contributed by atoms with Crippen molar-refractivity contribution in [1.29, 1.82) is 0 Å². The highest BCUT2D eigenvalue weighted by molar-refractivity contribution is 7.18. The highest BCUT2D eigenvalue weighted by atomic mass is 32.1. The summed E-state index contributed by atoms with van der Waals surface area (Å²) >= 11 is 1.32. The number of thiazole rings is 1. The maximum atomic E-state index is 12.7. The van der Waals surface area contributed by atoms with Gasteiger partial charge in [0.15, 0.2) is 5.13 Å². The molecule has 7 heteroatoms. The lowest BCUT2D eigenvalue weighted by molar-refractivity contribution is 0.0568. The minimum Gasteiger partial charge on any atom is -0.396 e. The zero-order valence-corrected chi connectivity index (χ0v) is 13.3. The smallest absolute Gasteiger partial charge is 0.268 e. The Kier molecular flexibility index (Phi) is 5.81. The number of anilines is 2. The van der Waals surface area contributed by atoms with Crippen LogP contribution in [0.25, 0.3) is 0 Å². The summed E-state index contributed by atoms with van der Waals surface area (Å²) in [7, 11) is 0. The average molecular weight is 312 g/mol. The van der Waals surface area contributed by atoms with Crippen molar-refractivity contribution in [1.82, 2.24) is 9.88 Å². The number of carbonyl (C=O) groups is 1. The number of aliphatic hydroxyl groups excluding tert-OH is 1. The standard InChI is InChI=1S/C14H24N4O2S/c1-2-7-16-14-17-12(15)11(21-14)13(20)18(8-4-9-19)10-5-3-6-10/h10,19H,2-9,15H2,1H3,(H,16,17). The molecule has 1 aliphatic rings. The Balaban J connectivity index is 2.09. The van der Waals surface area contributed by atoms with E-state index in [0.717, 1.165) is 32.2 Å². The molecular formula is C14H24N4O2S. The first-order valence-electron chi connectivity index (χ1n) is 7.59. The summed E-state index contributed by atoms with van der Waals surface area (Å²) in [5, 5.41) is 12.9. The SMILES string of the molecule is CCCNc1nc(N)c(C(=O)N(CCCO)C2CCC2)s1. The molecule has 1 amide bonds. The van der Waals surface area contributed by atoms with Gasteiger partial charge in [0.1, 0.15) is 10.7 Å². The first-order valence-corrected chi connectivity index (χ1v) is 8.41. The third-order valence-electron chi connectivity index (χ3n) is 3.71. The number of carbonyl (C=O) groups excluding carboxylic acids is 1. The Morgan fingerprint density at radius 1 is 1.57 bits per heavy atom. The van der Waals surface area contributed by atoms with Crippen LogP contribution in [0.5, 0.6) is 0 Å². The quantitative estimate of drug-likeness (QED) is 0.682. The van der Waals surface area contributed by atoms with Crippen LogP contribution in [0.2, 0.25) is 0 Å². The molecule has 1 aliphatic carbocycles. The molecule has 6 nitrogen and oxygen atoms in total. The van der Waals surface area contributed by atoms with Gasteiger partial charge in [0.2, 0.25) is 0 Å². The topological polar surface area (TPSA) is 91.5 Å². The number of nitrogens with two attached hydrogens (primary N) is 1. The number of rotatable bonds is 8. The van der Waals surface area contributed by atoms with Crippen LogP contribution >= 0.6 is 11.3 Å². The van der Waals surface area contributed by atoms with Gasteiger partial charge in [-0.3, -0.25) is 4.79 Å². The van der Waals surface area contributed by atoms with Crippen LogP contribution in [-0.4, -0.2) is 46.6 Å². The summed E-state index contributed by atoms with van der Waals surface area (Å²) in [5.41, 5.74) is 5.90. The molecule has 0 spiro atoms. The van der Waals surface area contributed by atoms with Crippen LogP contribution in [0, 0.1) is 0 Å². The molecule has 0 unspecified atom stereocenters. The first-order chi connectivity index (χ1) is 10.2. The summed E-state index contributed by atoms with van der Waals surface area (Å²) in [6.07, 6.45) is 4.83. The molecule has 1 heterocycles. The molecular weight excluding hydrogens is 288 g/mol. The molecule has 0 aliphatic heterocycles. The van der Waals surface area contributed by atoms with Crippen LogP contribution in [0.1, 0.15) is 48.7 Å². The van der Waals surface area contributed by atoms with Crippen LogP contribution < -0.4 is 11.1 Å². The molecule has 2 rings (SSSR count). The Bertz CT molecular complexity index is 474. The van der Waals surface area contributed by atoms with Crippen LogP contribution in [0.15, 0.2) is 0 Å². The minimum atomic E-state index is -0.0484. The number of nitrogen functional groups attached to an aromatic ring is 1. The van der Waals surface area contributed by atoms with Gasteiger partial charge in [-0.05, 0) is 32.1 Å². The lowest BCUT2D eigenvalue weighted by atomic mass is 9.91.